The minimum absolute atomic E-state index is 0.0362. The first-order chi connectivity index (χ1) is 12.3. The van der Waals surface area contributed by atoms with Crippen molar-refractivity contribution in [2.75, 3.05) is 44.3 Å². The van der Waals surface area contributed by atoms with Crippen LogP contribution in [0.4, 0.5) is 5.95 Å². The number of nitrogens with zero attached hydrogens (tertiary/aromatic N) is 4. The number of likely N-dealkylation sites (tertiary alicyclic amines) is 1. The van der Waals surface area contributed by atoms with Crippen molar-refractivity contribution in [2.45, 2.75) is 51.9 Å². The quantitative estimate of drug-likeness (QED) is 0.834. The van der Waals surface area contributed by atoms with E-state index >= 15 is 0 Å². The van der Waals surface area contributed by atoms with Gasteiger partial charge in [-0.3, -0.25) is 4.90 Å². The summed E-state index contributed by atoms with van der Waals surface area (Å²) < 4.78 is 11.4. The molecule has 0 amide bonds. The van der Waals surface area contributed by atoms with Crippen molar-refractivity contribution in [3.63, 3.8) is 0 Å². The van der Waals surface area contributed by atoms with E-state index in [2.05, 4.69) is 27.8 Å². The van der Waals surface area contributed by atoms with Gasteiger partial charge in [-0.15, -0.1) is 0 Å². The molecular weight excluding hydrogens is 316 g/mol. The summed E-state index contributed by atoms with van der Waals surface area (Å²) in [6.45, 7) is 8.88. The van der Waals surface area contributed by atoms with Crippen molar-refractivity contribution in [1.29, 1.82) is 0 Å². The summed E-state index contributed by atoms with van der Waals surface area (Å²) in [6, 6.07) is 2.14. The SMILES string of the molecule is Cc1cc(CN2CCC(C3OCCO3)CC2)nc(N2CCCCC2)n1. The van der Waals surface area contributed by atoms with E-state index in [1.54, 1.807) is 0 Å². The number of aromatic nitrogens is 2. The molecule has 0 N–H and O–H groups in total. The van der Waals surface area contributed by atoms with Gasteiger partial charge in [0.15, 0.2) is 6.29 Å². The van der Waals surface area contributed by atoms with Crippen molar-refractivity contribution >= 4 is 5.95 Å². The lowest BCUT2D eigenvalue weighted by atomic mass is 9.96. The summed E-state index contributed by atoms with van der Waals surface area (Å²) in [4.78, 5) is 14.4. The van der Waals surface area contributed by atoms with Crippen molar-refractivity contribution in [3.05, 3.63) is 17.5 Å². The zero-order valence-electron chi connectivity index (χ0n) is 15.3. The summed E-state index contributed by atoms with van der Waals surface area (Å²) in [7, 11) is 0. The van der Waals surface area contributed by atoms with Gasteiger partial charge in [0, 0.05) is 31.2 Å². The van der Waals surface area contributed by atoms with Crippen LogP contribution in [-0.4, -0.2) is 60.6 Å². The first-order valence-corrected chi connectivity index (χ1v) is 9.83. The zero-order valence-corrected chi connectivity index (χ0v) is 15.3. The first-order valence-electron chi connectivity index (χ1n) is 9.83. The maximum atomic E-state index is 5.68. The van der Waals surface area contributed by atoms with Gasteiger partial charge in [-0.25, -0.2) is 9.97 Å². The maximum absolute atomic E-state index is 5.68. The van der Waals surface area contributed by atoms with Crippen LogP contribution < -0.4 is 4.90 Å². The van der Waals surface area contributed by atoms with Gasteiger partial charge in [0.1, 0.15) is 0 Å². The van der Waals surface area contributed by atoms with E-state index < -0.39 is 0 Å². The number of aryl methyl sites for hydroxylation is 1. The molecule has 25 heavy (non-hydrogen) atoms. The molecule has 0 unspecified atom stereocenters. The molecule has 0 atom stereocenters. The number of rotatable bonds is 4. The Hall–Kier alpha value is -1.24. The molecule has 1 aromatic rings. The Morgan fingerprint density at radius 2 is 1.72 bits per heavy atom. The molecule has 0 saturated carbocycles. The molecule has 6 heteroatoms. The van der Waals surface area contributed by atoms with Gasteiger partial charge in [0.25, 0.3) is 0 Å². The Morgan fingerprint density at radius 1 is 1.00 bits per heavy atom. The van der Waals surface area contributed by atoms with Crippen molar-refractivity contribution < 1.29 is 9.47 Å². The third-order valence-corrected chi connectivity index (χ3v) is 5.58. The van der Waals surface area contributed by atoms with Gasteiger partial charge in [-0.05, 0) is 58.2 Å². The molecule has 0 aromatic carbocycles. The number of ether oxygens (including phenoxy) is 2. The largest absolute Gasteiger partial charge is 0.350 e. The normalized spacial score (nSPS) is 24.1. The fourth-order valence-electron chi connectivity index (χ4n) is 4.19. The monoisotopic (exact) mass is 346 g/mol. The Kier molecular flexibility index (Phi) is 5.48. The van der Waals surface area contributed by atoms with E-state index in [1.807, 2.05) is 0 Å². The van der Waals surface area contributed by atoms with E-state index in [1.165, 1.54) is 19.3 Å². The molecule has 0 aliphatic carbocycles. The Morgan fingerprint density at radius 3 is 2.44 bits per heavy atom. The molecule has 6 nitrogen and oxygen atoms in total. The van der Waals surface area contributed by atoms with Gasteiger partial charge in [-0.2, -0.15) is 0 Å². The summed E-state index contributed by atoms with van der Waals surface area (Å²) in [5, 5.41) is 0. The number of hydrogen-bond acceptors (Lipinski definition) is 6. The molecular formula is C19H30N4O2. The molecule has 1 aromatic heterocycles. The van der Waals surface area contributed by atoms with Gasteiger partial charge in [-0.1, -0.05) is 0 Å². The fourth-order valence-corrected chi connectivity index (χ4v) is 4.19. The highest BCUT2D eigenvalue weighted by molar-refractivity contribution is 5.32. The average molecular weight is 346 g/mol. The maximum Gasteiger partial charge on any atom is 0.225 e. The lowest BCUT2D eigenvalue weighted by Crippen LogP contribution is -2.38. The summed E-state index contributed by atoms with van der Waals surface area (Å²) in [5.41, 5.74) is 2.23. The second-order valence-electron chi connectivity index (χ2n) is 7.57. The Balaban J connectivity index is 1.35. The number of anilines is 1. The van der Waals surface area contributed by atoms with Crippen LogP contribution in [0.5, 0.6) is 0 Å². The minimum Gasteiger partial charge on any atom is -0.350 e. The summed E-state index contributed by atoms with van der Waals surface area (Å²) >= 11 is 0. The molecule has 0 radical (unpaired) electrons. The molecule has 4 heterocycles. The van der Waals surface area contributed by atoms with Gasteiger partial charge < -0.3 is 14.4 Å². The number of piperidine rings is 2. The highest BCUT2D eigenvalue weighted by Crippen LogP contribution is 2.26. The Bertz CT molecular complexity index is 563. The first kappa shape index (κ1) is 17.2. The minimum atomic E-state index is 0.0362. The van der Waals surface area contributed by atoms with Crippen molar-refractivity contribution in [2.24, 2.45) is 5.92 Å². The highest BCUT2D eigenvalue weighted by atomic mass is 16.7. The topological polar surface area (TPSA) is 50.7 Å². The van der Waals surface area contributed by atoms with Gasteiger partial charge >= 0.3 is 0 Å². The van der Waals surface area contributed by atoms with Gasteiger partial charge in [0.05, 0.1) is 18.9 Å². The van der Waals surface area contributed by atoms with E-state index in [9.17, 15) is 0 Å². The van der Waals surface area contributed by atoms with E-state index in [4.69, 9.17) is 14.5 Å². The van der Waals surface area contributed by atoms with Crippen LogP contribution in [0.3, 0.4) is 0 Å². The fraction of sp³-hybridized carbons (Fsp3) is 0.789. The summed E-state index contributed by atoms with van der Waals surface area (Å²) in [5.74, 6) is 1.48. The van der Waals surface area contributed by atoms with E-state index in [-0.39, 0.29) is 6.29 Å². The molecule has 0 bridgehead atoms. The molecule has 3 aliphatic heterocycles. The predicted molar refractivity (Wildman–Crippen MR) is 96.5 cm³/mol. The Labute approximate surface area is 150 Å². The van der Waals surface area contributed by atoms with Crippen LogP contribution in [0.15, 0.2) is 6.07 Å². The summed E-state index contributed by atoms with van der Waals surface area (Å²) in [6.07, 6.45) is 6.17. The van der Waals surface area contributed by atoms with E-state index in [0.29, 0.717) is 5.92 Å². The molecule has 4 rings (SSSR count). The third kappa shape index (κ3) is 4.30. The van der Waals surface area contributed by atoms with Crippen LogP contribution in [0.2, 0.25) is 0 Å². The zero-order chi connectivity index (χ0) is 17.1. The smallest absolute Gasteiger partial charge is 0.225 e. The standard InChI is InChI=1S/C19H30N4O2/c1-15-13-17(21-19(20-15)23-7-3-2-4-8-23)14-22-9-5-16(6-10-22)18-24-11-12-25-18/h13,16,18H,2-12,14H2,1H3. The van der Waals surface area contributed by atoms with Crippen molar-refractivity contribution in [3.8, 4) is 0 Å². The lowest BCUT2D eigenvalue weighted by molar-refractivity contribution is -0.0978. The average Bonchev–Trinajstić information content (AvgIpc) is 3.17. The van der Waals surface area contributed by atoms with E-state index in [0.717, 1.165) is 76.1 Å². The number of hydrogen-bond donors (Lipinski definition) is 0. The van der Waals surface area contributed by atoms with Crippen LogP contribution in [0, 0.1) is 12.8 Å². The van der Waals surface area contributed by atoms with Crippen LogP contribution in [-0.2, 0) is 16.0 Å². The molecule has 0 spiro atoms. The molecule has 3 fully saturated rings. The van der Waals surface area contributed by atoms with Crippen molar-refractivity contribution in [1.82, 2.24) is 14.9 Å². The van der Waals surface area contributed by atoms with Crippen LogP contribution in [0.1, 0.15) is 43.5 Å². The molecule has 138 valence electrons. The lowest BCUT2D eigenvalue weighted by Gasteiger charge is -2.33. The third-order valence-electron chi connectivity index (χ3n) is 5.58. The molecule has 3 saturated heterocycles. The van der Waals surface area contributed by atoms with Gasteiger partial charge in [0.2, 0.25) is 5.95 Å². The second-order valence-corrected chi connectivity index (χ2v) is 7.57. The molecule has 3 aliphatic rings. The van der Waals surface area contributed by atoms with Crippen LogP contribution >= 0.6 is 0 Å². The van der Waals surface area contributed by atoms with Crippen LogP contribution in [0.25, 0.3) is 0 Å². The predicted octanol–water partition coefficient (Wildman–Crippen LogP) is 2.36. The second kappa shape index (κ2) is 7.98. The highest BCUT2D eigenvalue weighted by Gasteiger charge is 2.30.